The molecule has 1 aromatic rings. The maximum Gasteiger partial charge on any atom is 0.344 e. The van der Waals surface area contributed by atoms with E-state index in [1.807, 2.05) is 0 Å². The van der Waals surface area contributed by atoms with Crippen molar-refractivity contribution in [3.8, 4) is 18.1 Å². The zero-order chi connectivity index (χ0) is 19.3. The molecule has 2 rings (SSSR count). The van der Waals surface area contributed by atoms with E-state index in [2.05, 4.69) is 37.8 Å². The average Bonchev–Trinajstić information content (AvgIpc) is 2.82. The highest BCUT2D eigenvalue weighted by Gasteiger charge is 2.34. The van der Waals surface area contributed by atoms with Gasteiger partial charge in [0.25, 0.3) is 11.1 Å². The lowest BCUT2D eigenvalue weighted by molar-refractivity contribution is -0.145. The van der Waals surface area contributed by atoms with Crippen molar-refractivity contribution in [2.45, 2.75) is 6.92 Å². The van der Waals surface area contributed by atoms with Crippen LogP contribution in [0.15, 0.2) is 26.0 Å². The molecule has 26 heavy (non-hydrogen) atoms. The summed E-state index contributed by atoms with van der Waals surface area (Å²) in [5.74, 6) is 1.82. The maximum atomic E-state index is 12.2. The number of imide groups is 1. The maximum absolute atomic E-state index is 12.2. The summed E-state index contributed by atoms with van der Waals surface area (Å²) in [6.45, 7) is 1.70. The van der Waals surface area contributed by atoms with Crippen molar-refractivity contribution in [3.05, 3.63) is 31.5 Å². The highest BCUT2D eigenvalue weighted by molar-refractivity contribution is 9.11. The zero-order valence-electron chi connectivity index (χ0n) is 13.6. The number of hydrogen-bond acceptors (Lipinski definition) is 6. The molecule has 1 aliphatic rings. The molecule has 0 unspecified atom stereocenters. The first-order chi connectivity index (χ1) is 12.4. The van der Waals surface area contributed by atoms with Crippen molar-refractivity contribution in [2.24, 2.45) is 0 Å². The number of carbonyl (C=O) groups is 3. The molecule has 2 amide bonds. The fourth-order valence-electron chi connectivity index (χ4n) is 2.01. The van der Waals surface area contributed by atoms with Gasteiger partial charge >= 0.3 is 5.97 Å². The van der Waals surface area contributed by atoms with Gasteiger partial charge in [0.05, 0.1) is 27.0 Å². The van der Waals surface area contributed by atoms with Crippen LogP contribution in [0.25, 0.3) is 6.08 Å². The van der Waals surface area contributed by atoms with Gasteiger partial charge in [-0.2, -0.15) is 0 Å². The van der Waals surface area contributed by atoms with Crippen LogP contribution in [-0.2, 0) is 14.3 Å². The van der Waals surface area contributed by atoms with Gasteiger partial charge in [-0.1, -0.05) is 5.92 Å². The van der Waals surface area contributed by atoms with E-state index in [0.29, 0.717) is 20.3 Å². The van der Waals surface area contributed by atoms with Gasteiger partial charge in [-0.25, -0.2) is 4.79 Å². The molecular formula is C17H13Br2NO5S. The third kappa shape index (κ3) is 4.90. The Morgan fingerprint density at radius 2 is 2.00 bits per heavy atom. The second-order valence-electron chi connectivity index (χ2n) is 4.88. The Morgan fingerprint density at radius 3 is 2.58 bits per heavy atom. The first kappa shape index (κ1) is 20.6. The summed E-state index contributed by atoms with van der Waals surface area (Å²) in [6, 6.07) is 3.42. The molecule has 1 heterocycles. The van der Waals surface area contributed by atoms with Crippen LogP contribution in [0.5, 0.6) is 5.75 Å². The lowest BCUT2D eigenvalue weighted by atomic mass is 10.2. The summed E-state index contributed by atoms with van der Waals surface area (Å²) in [5.41, 5.74) is 0.665. The van der Waals surface area contributed by atoms with E-state index in [1.54, 1.807) is 25.1 Å². The minimum absolute atomic E-state index is 0.0595. The number of ether oxygens (including phenoxy) is 2. The van der Waals surface area contributed by atoms with E-state index < -0.39 is 17.1 Å². The number of rotatable bonds is 6. The summed E-state index contributed by atoms with van der Waals surface area (Å²) in [4.78, 5) is 36.7. The fraction of sp³-hybridized carbons (Fsp3) is 0.235. The van der Waals surface area contributed by atoms with Crippen LogP contribution in [0.4, 0.5) is 4.79 Å². The highest BCUT2D eigenvalue weighted by Crippen LogP contribution is 2.37. The first-order valence-corrected chi connectivity index (χ1v) is 9.74. The number of esters is 1. The summed E-state index contributed by atoms with van der Waals surface area (Å²) < 4.78 is 11.4. The number of thioether (sulfide) groups is 1. The van der Waals surface area contributed by atoms with Crippen LogP contribution in [0, 0.1) is 12.3 Å². The van der Waals surface area contributed by atoms with Gasteiger partial charge in [0.1, 0.15) is 5.75 Å². The van der Waals surface area contributed by atoms with Gasteiger partial charge in [0.15, 0.2) is 6.61 Å². The number of hydrogen-bond donors (Lipinski definition) is 0. The van der Waals surface area contributed by atoms with E-state index in [1.165, 1.54) is 0 Å². The Balaban J connectivity index is 2.20. The monoisotopic (exact) mass is 501 g/mol. The molecule has 9 heteroatoms. The Bertz CT molecular complexity index is 808. The molecule has 0 aromatic heterocycles. The van der Waals surface area contributed by atoms with Crippen LogP contribution >= 0.6 is 43.6 Å². The minimum Gasteiger partial charge on any atom is -0.480 e. The molecule has 6 nitrogen and oxygen atoms in total. The lowest BCUT2D eigenvalue weighted by Gasteiger charge is -2.11. The molecular weight excluding hydrogens is 490 g/mol. The van der Waals surface area contributed by atoms with E-state index >= 15 is 0 Å². The molecule has 0 aliphatic carbocycles. The molecule has 0 spiro atoms. The normalized spacial score (nSPS) is 15.3. The van der Waals surface area contributed by atoms with E-state index in [4.69, 9.17) is 15.9 Å². The van der Waals surface area contributed by atoms with Gasteiger partial charge in [-0.15, -0.1) is 6.42 Å². The average molecular weight is 503 g/mol. The predicted molar refractivity (Wildman–Crippen MR) is 105 cm³/mol. The molecule has 1 aliphatic heterocycles. The number of benzene rings is 1. The van der Waals surface area contributed by atoms with E-state index in [0.717, 1.165) is 16.7 Å². The second-order valence-corrected chi connectivity index (χ2v) is 7.58. The first-order valence-electron chi connectivity index (χ1n) is 7.33. The lowest BCUT2D eigenvalue weighted by Crippen LogP contribution is -2.28. The largest absolute Gasteiger partial charge is 0.480 e. The third-order valence-electron chi connectivity index (χ3n) is 3.08. The van der Waals surface area contributed by atoms with Gasteiger partial charge in [-0.3, -0.25) is 14.5 Å². The summed E-state index contributed by atoms with van der Waals surface area (Å²) in [5, 5.41) is -0.397. The van der Waals surface area contributed by atoms with Crippen molar-refractivity contribution in [2.75, 3.05) is 19.8 Å². The number of carbonyl (C=O) groups excluding carboxylic acids is 3. The number of amides is 2. The number of nitrogens with zero attached hydrogens (tertiary/aromatic N) is 1. The third-order valence-corrected chi connectivity index (χ3v) is 5.17. The molecule has 1 aromatic carbocycles. The van der Waals surface area contributed by atoms with Crippen molar-refractivity contribution in [1.82, 2.24) is 4.90 Å². The standard InChI is InChI=1S/C17H13Br2NO5S/c1-3-5-20-16(22)13(26-17(20)23)8-10-6-11(18)15(12(19)7-10)25-9-14(21)24-4-2/h1,6-8H,4-5,9H2,2H3. The molecule has 136 valence electrons. The van der Waals surface area contributed by atoms with Crippen molar-refractivity contribution >= 4 is 66.8 Å². The molecule has 0 atom stereocenters. The van der Waals surface area contributed by atoms with E-state index in [-0.39, 0.29) is 24.7 Å². The van der Waals surface area contributed by atoms with Crippen LogP contribution in [0.2, 0.25) is 0 Å². The highest BCUT2D eigenvalue weighted by atomic mass is 79.9. The van der Waals surface area contributed by atoms with Gasteiger partial charge in [0, 0.05) is 0 Å². The van der Waals surface area contributed by atoms with Crippen LogP contribution < -0.4 is 4.74 Å². The molecule has 0 N–H and O–H groups in total. The van der Waals surface area contributed by atoms with Crippen molar-refractivity contribution < 1.29 is 23.9 Å². The number of terminal acetylenes is 1. The second kappa shape index (κ2) is 9.26. The minimum atomic E-state index is -0.474. The predicted octanol–water partition coefficient (Wildman–Crippen LogP) is 3.82. The molecule has 1 fully saturated rings. The van der Waals surface area contributed by atoms with E-state index in [9.17, 15) is 14.4 Å². The zero-order valence-corrected chi connectivity index (χ0v) is 17.6. The van der Waals surface area contributed by atoms with Gasteiger partial charge < -0.3 is 9.47 Å². The summed E-state index contributed by atoms with van der Waals surface area (Å²) in [7, 11) is 0. The summed E-state index contributed by atoms with van der Waals surface area (Å²) >= 11 is 7.57. The quantitative estimate of drug-likeness (QED) is 0.334. The Labute approximate surface area is 171 Å². The Morgan fingerprint density at radius 1 is 1.35 bits per heavy atom. The van der Waals surface area contributed by atoms with Crippen molar-refractivity contribution in [3.63, 3.8) is 0 Å². The molecule has 1 saturated heterocycles. The van der Waals surface area contributed by atoms with Gasteiger partial charge in [-0.05, 0) is 74.3 Å². The molecule has 0 bridgehead atoms. The van der Waals surface area contributed by atoms with Gasteiger partial charge in [0.2, 0.25) is 0 Å². The Kier molecular flexibility index (Phi) is 7.32. The Hall–Kier alpha value is -1.76. The fourth-order valence-corrected chi connectivity index (χ4v) is 4.30. The summed E-state index contributed by atoms with van der Waals surface area (Å²) in [6.07, 6.45) is 6.76. The smallest absolute Gasteiger partial charge is 0.344 e. The molecule has 0 radical (unpaired) electrons. The van der Waals surface area contributed by atoms with Crippen LogP contribution in [0.1, 0.15) is 12.5 Å². The SMILES string of the molecule is C#CCN1C(=O)SC(=Cc2cc(Br)c(OCC(=O)OCC)c(Br)c2)C1=O. The number of halogens is 2. The topological polar surface area (TPSA) is 72.9 Å². The van der Waals surface area contributed by atoms with Crippen LogP contribution in [0.3, 0.4) is 0 Å². The molecule has 0 saturated carbocycles. The van der Waals surface area contributed by atoms with Crippen molar-refractivity contribution in [1.29, 1.82) is 0 Å². The van der Waals surface area contributed by atoms with Crippen LogP contribution in [-0.4, -0.2) is 41.8 Å².